The molecule has 1 aromatic heterocycles. The molecular formula is C20H30N4O4S. The maximum Gasteiger partial charge on any atom is 0.257 e. The molecular weight excluding hydrogens is 392 g/mol. The van der Waals surface area contributed by atoms with Crippen LogP contribution in [0.3, 0.4) is 0 Å². The number of carbonyl (C=O) groups excluding carboxylic acids is 1. The topological polar surface area (TPSA) is 91.8 Å². The number of nitrogens with one attached hydrogen (secondary N) is 1. The first kappa shape index (κ1) is 20.6. The van der Waals surface area contributed by atoms with E-state index in [1.807, 2.05) is 17.0 Å². The van der Waals surface area contributed by atoms with Crippen LogP contribution in [-0.2, 0) is 14.8 Å². The van der Waals surface area contributed by atoms with Crippen molar-refractivity contribution in [3.05, 3.63) is 23.9 Å². The van der Waals surface area contributed by atoms with Crippen LogP contribution in [0.4, 0.5) is 5.82 Å². The highest BCUT2D eigenvalue weighted by atomic mass is 32.2. The van der Waals surface area contributed by atoms with Gasteiger partial charge in [-0.05, 0) is 51.2 Å². The highest BCUT2D eigenvalue weighted by molar-refractivity contribution is 7.89. The highest BCUT2D eigenvalue weighted by Gasteiger charge is 2.45. The summed E-state index contributed by atoms with van der Waals surface area (Å²) in [6.45, 7) is 5.06. The molecule has 160 valence electrons. The van der Waals surface area contributed by atoms with Crippen molar-refractivity contribution in [2.75, 3.05) is 43.4 Å². The van der Waals surface area contributed by atoms with Crippen LogP contribution in [0.1, 0.15) is 49.4 Å². The number of piperidine rings is 1. The molecule has 3 fully saturated rings. The van der Waals surface area contributed by atoms with Crippen LogP contribution < -0.4 is 9.62 Å². The molecule has 1 amide bonds. The largest absolute Gasteiger partial charge is 0.371 e. The van der Waals surface area contributed by atoms with Gasteiger partial charge in [0.15, 0.2) is 0 Å². The lowest BCUT2D eigenvalue weighted by atomic mass is 9.88. The minimum Gasteiger partial charge on any atom is -0.371 e. The van der Waals surface area contributed by atoms with Crippen molar-refractivity contribution in [1.29, 1.82) is 0 Å². The first-order valence-electron chi connectivity index (χ1n) is 10.5. The summed E-state index contributed by atoms with van der Waals surface area (Å²) in [6, 6.07) is 3.47. The average molecular weight is 423 g/mol. The molecule has 1 N–H and O–H groups in total. The van der Waals surface area contributed by atoms with Gasteiger partial charge < -0.3 is 14.5 Å². The molecule has 0 radical (unpaired) electrons. The molecule has 3 aliphatic heterocycles. The number of likely N-dealkylation sites (tertiary alicyclic amines) is 1. The number of amides is 1. The second-order valence-electron chi connectivity index (χ2n) is 8.32. The number of hydrogen-bond acceptors (Lipinski definition) is 6. The van der Waals surface area contributed by atoms with E-state index >= 15 is 0 Å². The van der Waals surface area contributed by atoms with Crippen molar-refractivity contribution >= 4 is 21.7 Å². The Hall–Kier alpha value is -1.71. The van der Waals surface area contributed by atoms with Crippen molar-refractivity contribution in [3.8, 4) is 0 Å². The van der Waals surface area contributed by atoms with E-state index in [2.05, 4.69) is 14.6 Å². The number of carbonyl (C=O) groups is 1. The number of aromatic nitrogens is 1. The first-order chi connectivity index (χ1) is 13.9. The summed E-state index contributed by atoms with van der Waals surface area (Å²) in [7, 11) is -3.26. The second kappa shape index (κ2) is 8.20. The first-order valence-corrected chi connectivity index (χ1v) is 12.2. The van der Waals surface area contributed by atoms with Gasteiger partial charge in [-0.25, -0.2) is 18.1 Å². The lowest BCUT2D eigenvalue weighted by molar-refractivity contribution is -0.00674. The van der Waals surface area contributed by atoms with Gasteiger partial charge in [-0.2, -0.15) is 0 Å². The van der Waals surface area contributed by atoms with Crippen LogP contribution in [0, 0.1) is 0 Å². The summed E-state index contributed by atoms with van der Waals surface area (Å²) in [6.07, 6.45) is 6.28. The number of nitrogens with zero attached hydrogens (tertiary/aromatic N) is 3. The number of hydrogen-bond donors (Lipinski definition) is 1. The molecule has 3 aliphatic rings. The Kier molecular flexibility index (Phi) is 5.81. The Labute approximate surface area is 172 Å². The Morgan fingerprint density at radius 2 is 2.10 bits per heavy atom. The van der Waals surface area contributed by atoms with Crippen LogP contribution in [-0.4, -0.2) is 74.4 Å². The van der Waals surface area contributed by atoms with E-state index in [0.29, 0.717) is 31.0 Å². The monoisotopic (exact) mass is 422 g/mol. The van der Waals surface area contributed by atoms with Crippen molar-refractivity contribution in [3.63, 3.8) is 0 Å². The normalized spacial score (nSPS) is 27.7. The predicted octanol–water partition coefficient (Wildman–Crippen LogP) is 1.38. The zero-order chi connectivity index (χ0) is 20.5. The number of pyridine rings is 1. The number of anilines is 1. The van der Waals surface area contributed by atoms with E-state index < -0.39 is 15.6 Å². The molecule has 1 spiro atoms. The molecule has 9 heteroatoms. The summed E-state index contributed by atoms with van der Waals surface area (Å²) in [5.74, 6) is 0.828. The average Bonchev–Trinajstić information content (AvgIpc) is 3.38. The second-order valence-corrected chi connectivity index (χ2v) is 10.4. The van der Waals surface area contributed by atoms with Gasteiger partial charge in [-0.1, -0.05) is 0 Å². The molecule has 0 aromatic carbocycles. The summed E-state index contributed by atoms with van der Waals surface area (Å²) >= 11 is 0. The SMILES string of the molecule is CCS(=O)(=O)N[C@H]1CO[C@@]2(CCCN(c3ncccc3C(=O)N3CCCC3)C2)C1. The van der Waals surface area contributed by atoms with Gasteiger partial charge >= 0.3 is 0 Å². The third kappa shape index (κ3) is 4.41. The Bertz CT molecular complexity index is 856. The molecule has 0 aliphatic carbocycles. The van der Waals surface area contributed by atoms with Gasteiger partial charge in [0.2, 0.25) is 10.0 Å². The van der Waals surface area contributed by atoms with E-state index in [0.717, 1.165) is 45.3 Å². The smallest absolute Gasteiger partial charge is 0.257 e. The van der Waals surface area contributed by atoms with E-state index in [9.17, 15) is 13.2 Å². The maximum absolute atomic E-state index is 13.0. The highest BCUT2D eigenvalue weighted by Crippen LogP contribution is 2.37. The number of rotatable bonds is 5. The van der Waals surface area contributed by atoms with Crippen molar-refractivity contribution < 1.29 is 17.9 Å². The van der Waals surface area contributed by atoms with Crippen molar-refractivity contribution in [2.45, 2.75) is 50.7 Å². The standard InChI is InChI=1S/C20H30N4O4S/c1-2-29(26,27)22-16-13-20(28-14-16)8-6-12-24(15-20)18-17(7-5-9-21-18)19(25)23-10-3-4-11-23/h5,7,9,16,22H,2-4,6,8,10-15H2,1H3/t16-,20+/m1/s1. The quantitative estimate of drug-likeness (QED) is 0.771. The Morgan fingerprint density at radius 3 is 2.86 bits per heavy atom. The van der Waals surface area contributed by atoms with E-state index in [4.69, 9.17) is 4.74 Å². The van der Waals surface area contributed by atoms with E-state index in [1.165, 1.54) is 0 Å². The molecule has 0 bridgehead atoms. The van der Waals surface area contributed by atoms with Gasteiger partial charge in [0.25, 0.3) is 5.91 Å². The number of ether oxygens (including phenoxy) is 1. The van der Waals surface area contributed by atoms with E-state index in [-0.39, 0.29) is 17.7 Å². The van der Waals surface area contributed by atoms with Crippen LogP contribution in [0.15, 0.2) is 18.3 Å². The molecule has 4 rings (SSSR count). The predicted molar refractivity (Wildman–Crippen MR) is 111 cm³/mol. The van der Waals surface area contributed by atoms with Crippen molar-refractivity contribution in [2.24, 2.45) is 0 Å². The minimum absolute atomic E-state index is 0.0474. The van der Waals surface area contributed by atoms with Gasteiger partial charge in [-0.3, -0.25) is 4.79 Å². The summed E-state index contributed by atoms with van der Waals surface area (Å²) in [5, 5.41) is 0. The fourth-order valence-corrected chi connectivity index (χ4v) is 5.55. The fourth-order valence-electron chi connectivity index (χ4n) is 4.73. The Balaban J connectivity index is 1.50. The molecule has 1 aromatic rings. The van der Waals surface area contributed by atoms with Crippen LogP contribution in [0.25, 0.3) is 0 Å². The van der Waals surface area contributed by atoms with Gasteiger partial charge in [0, 0.05) is 38.4 Å². The zero-order valence-electron chi connectivity index (χ0n) is 17.0. The summed E-state index contributed by atoms with van der Waals surface area (Å²) in [4.78, 5) is 21.6. The zero-order valence-corrected chi connectivity index (χ0v) is 17.8. The molecule has 4 heterocycles. The summed E-state index contributed by atoms with van der Waals surface area (Å²) in [5.41, 5.74) is 0.248. The fraction of sp³-hybridized carbons (Fsp3) is 0.700. The molecule has 3 saturated heterocycles. The van der Waals surface area contributed by atoms with Crippen LogP contribution in [0.2, 0.25) is 0 Å². The maximum atomic E-state index is 13.0. The third-order valence-electron chi connectivity index (χ3n) is 6.18. The van der Waals surface area contributed by atoms with E-state index in [1.54, 1.807) is 13.1 Å². The van der Waals surface area contributed by atoms with Gasteiger partial charge in [0.1, 0.15) is 5.82 Å². The Morgan fingerprint density at radius 1 is 1.31 bits per heavy atom. The van der Waals surface area contributed by atoms with Gasteiger partial charge in [-0.15, -0.1) is 0 Å². The lowest BCUT2D eigenvalue weighted by Gasteiger charge is -2.41. The molecule has 8 nitrogen and oxygen atoms in total. The molecule has 2 atom stereocenters. The van der Waals surface area contributed by atoms with Gasteiger partial charge in [0.05, 0.1) is 23.5 Å². The molecule has 0 saturated carbocycles. The molecule has 0 unspecified atom stereocenters. The minimum atomic E-state index is -3.26. The van der Waals surface area contributed by atoms with Crippen LogP contribution >= 0.6 is 0 Å². The third-order valence-corrected chi connectivity index (χ3v) is 7.64. The number of sulfonamides is 1. The van der Waals surface area contributed by atoms with Crippen molar-refractivity contribution in [1.82, 2.24) is 14.6 Å². The summed E-state index contributed by atoms with van der Waals surface area (Å²) < 4.78 is 32.8. The lowest BCUT2D eigenvalue weighted by Crippen LogP contribution is -2.49. The van der Waals surface area contributed by atoms with Crippen LogP contribution in [0.5, 0.6) is 0 Å². The molecule has 29 heavy (non-hydrogen) atoms.